The molecule has 0 aromatic rings. The Morgan fingerprint density at radius 1 is 1.24 bits per heavy atom. The summed E-state index contributed by atoms with van der Waals surface area (Å²) in [4.78, 5) is 4.42. The van der Waals surface area contributed by atoms with Gasteiger partial charge < -0.3 is 5.32 Å². The number of unbranched alkanes of at least 4 members (excludes halogenated alkanes) is 3. The summed E-state index contributed by atoms with van der Waals surface area (Å²) in [5, 5.41) is 3.27. The molecule has 0 aromatic carbocycles. The van der Waals surface area contributed by atoms with E-state index in [1.165, 1.54) is 38.5 Å². The number of nitrogens with two attached hydrogens (primary N) is 1. The molecule has 0 saturated heterocycles. The first-order valence-corrected chi connectivity index (χ1v) is 7.00. The van der Waals surface area contributed by atoms with Crippen molar-refractivity contribution in [2.75, 3.05) is 6.54 Å². The van der Waals surface area contributed by atoms with Crippen molar-refractivity contribution in [1.29, 1.82) is 0 Å². The fraction of sp³-hybridized carbons (Fsp3) is 0.923. The van der Waals surface area contributed by atoms with Gasteiger partial charge in [0.2, 0.25) is 5.96 Å². The molecule has 0 atom stereocenters. The van der Waals surface area contributed by atoms with Crippen molar-refractivity contribution in [2.45, 2.75) is 64.8 Å². The number of nitrogens with zero attached hydrogens (tertiary/aromatic N) is 1. The van der Waals surface area contributed by atoms with Gasteiger partial charge in [-0.05, 0) is 25.2 Å². The molecule has 1 fully saturated rings. The summed E-state index contributed by atoms with van der Waals surface area (Å²) in [5.74, 6) is 7.00. The van der Waals surface area contributed by atoms with Crippen LogP contribution in [0.25, 0.3) is 0 Å². The molecular weight excluding hydrogens is 212 g/mol. The lowest BCUT2D eigenvalue weighted by atomic mass is 10.0. The minimum atomic E-state index is 0.607. The van der Waals surface area contributed by atoms with Crippen LogP contribution in [0.1, 0.15) is 58.8 Å². The average molecular weight is 240 g/mol. The van der Waals surface area contributed by atoms with E-state index in [-0.39, 0.29) is 0 Å². The SMILES string of the molecule is CC(C)CCCCCCN=C(NN)NC1CC1. The highest BCUT2D eigenvalue weighted by Gasteiger charge is 2.21. The van der Waals surface area contributed by atoms with E-state index < -0.39 is 0 Å². The molecule has 100 valence electrons. The maximum Gasteiger partial charge on any atom is 0.205 e. The van der Waals surface area contributed by atoms with Gasteiger partial charge in [-0.15, -0.1) is 0 Å². The summed E-state index contributed by atoms with van der Waals surface area (Å²) in [5.41, 5.74) is 2.63. The Labute approximate surface area is 105 Å². The lowest BCUT2D eigenvalue weighted by Crippen LogP contribution is -2.42. The number of rotatable bonds is 8. The highest BCUT2D eigenvalue weighted by Crippen LogP contribution is 2.18. The summed E-state index contributed by atoms with van der Waals surface area (Å²) in [7, 11) is 0. The second kappa shape index (κ2) is 8.34. The van der Waals surface area contributed by atoms with Crippen molar-refractivity contribution in [3.05, 3.63) is 0 Å². The molecule has 0 bridgehead atoms. The Bertz CT molecular complexity index is 221. The highest BCUT2D eigenvalue weighted by molar-refractivity contribution is 5.79. The highest BCUT2D eigenvalue weighted by atomic mass is 15.3. The maximum absolute atomic E-state index is 5.40. The molecular formula is C13H28N4. The normalized spacial score (nSPS) is 16.4. The maximum atomic E-state index is 5.40. The van der Waals surface area contributed by atoms with Crippen molar-refractivity contribution >= 4 is 5.96 Å². The van der Waals surface area contributed by atoms with Gasteiger partial charge in [-0.25, -0.2) is 5.84 Å². The molecule has 0 aliphatic heterocycles. The molecule has 0 spiro atoms. The molecule has 1 aliphatic carbocycles. The van der Waals surface area contributed by atoms with E-state index in [1.54, 1.807) is 0 Å². The summed E-state index contributed by atoms with van der Waals surface area (Å²) < 4.78 is 0. The quantitative estimate of drug-likeness (QED) is 0.200. The Morgan fingerprint density at radius 3 is 2.53 bits per heavy atom. The van der Waals surface area contributed by atoms with Crippen LogP contribution in [0.5, 0.6) is 0 Å². The average Bonchev–Trinajstić information content (AvgIpc) is 3.09. The van der Waals surface area contributed by atoms with E-state index >= 15 is 0 Å². The van der Waals surface area contributed by atoms with Crippen molar-refractivity contribution in [2.24, 2.45) is 16.8 Å². The Kier molecular flexibility index (Phi) is 7.01. The molecule has 17 heavy (non-hydrogen) atoms. The molecule has 1 saturated carbocycles. The zero-order valence-corrected chi connectivity index (χ0v) is 11.3. The lowest BCUT2D eigenvalue weighted by Gasteiger charge is -2.07. The fourth-order valence-electron chi connectivity index (χ4n) is 1.76. The summed E-state index contributed by atoms with van der Waals surface area (Å²) in [6.45, 7) is 5.45. The zero-order chi connectivity index (χ0) is 12.5. The van der Waals surface area contributed by atoms with Gasteiger partial charge in [-0.1, -0.05) is 39.5 Å². The second-order valence-electron chi connectivity index (χ2n) is 5.39. The third-order valence-corrected chi connectivity index (χ3v) is 3.01. The van der Waals surface area contributed by atoms with E-state index in [0.29, 0.717) is 6.04 Å². The lowest BCUT2D eigenvalue weighted by molar-refractivity contribution is 0.521. The van der Waals surface area contributed by atoms with Crippen LogP contribution in [0.3, 0.4) is 0 Å². The van der Waals surface area contributed by atoms with Crippen LogP contribution >= 0.6 is 0 Å². The van der Waals surface area contributed by atoms with Crippen molar-refractivity contribution < 1.29 is 0 Å². The van der Waals surface area contributed by atoms with Crippen molar-refractivity contribution in [1.82, 2.24) is 10.7 Å². The molecule has 4 N–H and O–H groups in total. The Balaban J connectivity index is 1.95. The number of hydrazine groups is 1. The number of nitrogens with one attached hydrogen (secondary N) is 2. The van der Waals surface area contributed by atoms with E-state index in [4.69, 9.17) is 5.84 Å². The summed E-state index contributed by atoms with van der Waals surface area (Å²) >= 11 is 0. The molecule has 4 nitrogen and oxygen atoms in total. The van der Waals surface area contributed by atoms with Gasteiger partial charge in [-0.3, -0.25) is 10.4 Å². The molecule has 0 amide bonds. The molecule has 0 aromatic heterocycles. The van der Waals surface area contributed by atoms with Gasteiger partial charge >= 0.3 is 0 Å². The van der Waals surface area contributed by atoms with E-state index in [1.807, 2.05) is 0 Å². The zero-order valence-electron chi connectivity index (χ0n) is 11.3. The summed E-state index contributed by atoms with van der Waals surface area (Å²) in [6.07, 6.45) is 8.96. The predicted molar refractivity (Wildman–Crippen MR) is 73.7 cm³/mol. The molecule has 0 radical (unpaired) electrons. The second-order valence-corrected chi connectivity index (χ2v) is 5.39. The molecule has 1 rings (SSSR count). The van der Waals surface area contributed by atoms with E-state index in [9.17, 15) is 0 Å². The minimum absolute atomic E-state index is 0.607. The van der Waals surface area contributed by atoms with Crippen LogP contribution in [-0.2, 0) is 0 Å². The Morgan fingerprint density at radius 2 is 1.94 bits per heavy atom. The Hall–Kier alpha value is -0.770. The monoisotopic (exact) mass is 240 g/mol. The molecule has 0 heterocycles. The van der Waals surface area contributed by atoms with Gasteiger partial charge in [-0.2, -0.15) is 0 Å². The molecule has 0 unspecified atom stereocenters. The van der Waals surface area contributed by atoms with Crippen LogP contribution in [0.4, 0.5) is 0 Å². The van der Waals surface area contributed by atoms with Gasteiger partial charge in [0.25, 0.3) is 0 Å². The fourth-order valence-corrected chi connectivity index (χ4v) is 1.76. The van der Waals surface area contributed by atoms with Gasteiger partial charge in [0, 0.05) is 12.6 Å². The predicted octanol–water partition coefficient (Wildman–Crippen LogP) is 2.16. The summed E-state index contributed by atoms with van der Waals surface area (Å²) in [6, 6.07) is 0.607. The molecule has 4 heteroatoms. The number of guanidine groups is 1. The van der Waals surface area contributed by atoms with E-state index in [0.717, 1.165) is 24.8 Å². The topological polar surface area (TPSA) is 62.4 Å². The number of hydrogen-bond acceptors (Lipinski definition) is 2. The van der Waals surface area contributed by atoms with Crippen LogP contribution in [0.15, 0.2) is 4.99 Å². The van der Waals surface area contributed by atoms with Crippen LogP contribution < -0.4 is 16.6 Å². The standard InChI is InChI=1S/C13H28N4/c1-11(2)7-5-3-4-6-10-15-13(17-14)16-12-8-9-12/h11-12H,3-10,14H2,1-2H3,(H2,15,16,17). The number of aliphatic imine (C=N–C) groups is 1. The first-order valence-electron chi connectivity index (χ1n) is 7.00. The smallest absolute Gasteiger partial charge is 0.205 e. The van der Waals surface area contributed by atoms with Gasteiger partial charge in [0.15, 0.2) is 0 Å². The minimum Gasteiger partial charge on any atom is -0.353 e. The van der Waals surface area contributed by atoms with Gasteiger partial charge in [0.05, 0.1) is 0 Å². The first-order chi connectivity index (χ1) is 8.22. The van der Waals surface area contributed by atoms with Crippen LogP contribution in [0.2, 0.25) is 0 Å². The third kappa shape index (κ3) is 8.02. The largest absolute Gasteiger partial charge is 0.353 e. The third-order valence-electron chi connectivity index (χ3n) is 3.01. The van der Waals surface area contributed by atoms with Crippen LogP contribution in [0, 0.1) is 5.92 Å². The van der Waals surface area contributed by atoms with Crippen molar-refractivity contribution in [3.63, 3.8) is 0 Å². The van der Waals surface area contributed by atoms with Gasteiger partial charge in [0.1, 0.15) is 0 Å². The molecule has 1 aliphatic rings. The first kappa shape index (κ1) is 14.3. The van der Waals surface area contributed by atoms with E-state index in [2.05, 4.69) is 29.6 Å². The van der Waals surface area contributed by atoms with Crippen molar-refractivity contribution in [3.8, 4) is 0 Å². The van der Waals surface area contributed by atoms with Crippen LogP contribution in [-0.4, -0.2) is 18.5 Å². The number of hydrogen-bond donors (Lipinski definition) is 3.